The van der Waals surface area contributed by atoms with Gasteiger partial charge in [-0.05, 0) is 44.4 Å². The minimum Gasteiger partial charge on any atom is -0.463 e. The highest BCUT2D eigenvalue weighted by Crippen LogP contribution is 2.31. The molecule has 0 aliphatic carbocycles. The summed E-state index contributed by atoms with van der Waals surface area (Å²) in [6.07, 6.45) is 5.10. The van der Waals surface area contributed by atoms with Crippen LogP contribution in [0.25, 0.3) is 5.69 Å². The van der Waals surface area contributed by atoms with Crippen molar-refractivity contribution in [1.29, 1.82) is 0 Å². The summed E-state index contributed by atoms with van der Waals surface area (Å²) < 4.78 is 12.2. The summed E-state index contributed by atoms with van der Waals surface area (Å²) in [5.74, 6) is 1.17. The summed E-state index contributed by atoms with van der Waals surface area (Å²) in [5.41, 5.74) is 3.01. The number of nitrogens with zero attached hydrogens (tertiary/aromatic N) is 4. The maximum absolute atomic E-state index is 11.9. The summed E-state index contributed by atoms with van der Waals surface area (Å²) in [6, 6.07) is 10.2. The molecule has 8 heteroatoms. The van der Waals surface area contributed by atoms with Gasteiger partial charge >= 0.3 is 5.97 Å². The summed E-state index contributed by atoms with van der Waals surface area (Å²) >= 11 is 1.53. The van der Waals surface area contributed by atoms with E-state index in [9.17, 15) is 4.79 Å². The van der Waals surface area contributed by atoms with Gasteiger partial charge in [0.05, 0.1) is 19.1 Å². The zero-order valence-electron chi connectivity index (χ0n) is 16.6. The van der Waals surface area contributed by atoms with Crippen molar-refractivity contribution in [2.75, 3.05) is 25.1 Å². The number of aryl methyl sites for hydroxylation is 1. The molecule has 3 aromatic rings. The molecule has 0 radical (unpaired) electrons. The van der Waals surface area contributed by atoms with Crippen molar-refractivity contribution in [3.05, 3.63) is 53.5 Å². The molecule has 4 rings (SSSR count). The Morgan fingerprint density at radius 3 is 2.62 bits per heavy atom. The number of rotatable bonds is 6. The maximum atomic E-state index is 11.9. The molecule has 2 aromatic heterocycles. The lowest BCUT2D eigenvalue weighted by atomic mass is 10.1. The molecule has 29 heavy (non-hydrogen) atoms. The van der Waals surface area contributed by atoms with Crippen molar-refractivity contribution >= 4 is 23.7 Å². The van der Waals surface area contributed by atoms with Crippen LogP contribution in [0.15, 0.2) is 46.2 Å². The van der Waals surface area contributed by atoms with Gasteiger partial charge in [-0.15, -0.1) is 10.2 Å². The highest BCUT2D eigenvalue weighted by molar-refractivity contribution is 7.98. The van der Waals surface area contributed by atoms with E-state index < -0.39 is 5.97 Å². The zero-order valence-corrected chi connectivity index (χ0v) is 17.4. The van der Waals surface area contributed by atoms with Crippen LogP contribution in [0, 0.1) is 6.92 Å². The number of carbonyl (C=O) groups excluding carboxylic acids is 1. The molecule has 0 saturated carbocycles. The average molecular weight is 413 g/mol. The first-order valence-electron chi connectivity index (χ1n) is 9.72. The van der Waals surface area contributed by atoms with Gasteiger partial charge in [0.15, 0.2) is 5.16 Å². The van der Waals surface area contributed by atoms with E-state index in [0.717, 1.165) is 35.4 Å². The smallest absolute Gasteiger partial charge is 0.374 e. The van der Waals surface area contributed by atoms with E-state index in [4.69, 9.17) is 9.15 Å². The Kier molecular flexibility index (Phi) is 5.89. The van der Waals surface area contributed by atoms with Crippen LogP contribution in [0.2, 0.25) is 0 Å². The van der Waals surface area contributed by atoms with Crippen LogP contribution in [-0.2, 0) is 10.5 Å². The fraction of sp³-hybridized carbons (Fsp3) is 0.381. The minimum atomic E-state index is -0.473. The molecule has 0 amide bonds. The molecule has 1 aromatic carbocycles. The van der Waals surface area contributed by atoms with Gasteiger partial charge in [0, 0.05) is 24.4 Å². The Morgan fingerprint density at radius 1 is 1.14 bits per heavy atom. The Bertz CT molecular complexity index is 974. The molecule has 7 nitrogen and oxygen atoms in total. The van der Waals surface area contributed by atoms with Gasteiger partial charge in [0.1, 0.15) is 0 Å². The third-order valence-electron chi connectivity index (χ3n) is 5.02. The average Bonchev–Trinajstić information content (AvgIpc) is 3.40. The van der Waals surface area contributed by atoms with Gasteiger partial charge in [-0.1, -0.05) is 29.5 Å². The number of furan rings is 1. The normalized spacial score (nSPS) is 14.2. The lowest BCUT2D eigenvalue weighted by Gasteiger charge is -2.27. The predicted octanol–water partition coefficient (Wildman–Crippen LogP) is 4.24. The van der Waals surface area contributed by atoms with E-state index in [1.165, 1.54) is 50.0 Å². The number of anilines is 1. The van der Waals surface area contributed by atoms with Crippen LogP contribution in [0.5, 0.6) is 0 Å². The standard InChI is InChI=1S/C21H24N4O3S/c1-15-6-8-17(9-7-15)25-20(24-11-4-3-5-12-24)22-23-21(25)29-14-16-10-13-28-18(16)19(26)27-2/h6-10,13H,3-5,11-12,14H2,1-2H3. The maximum Gasteiger partial charge on any atom is 0.374 e. The van der Waals surface area contributed by atoms with Gasteiger partial charge in [-0.3, -0.25) is 4.57 Å². The predicted molar refractivity (Wildman–Crippen MR) is 112 cm³/mol. The zero-order chi connectivity index (χ0) is 20.2. The fourth-order valence-electron chi connectivity index (χ4n) is 3.44. The second-order valence-electron chi connectivity index (χ2n) is 7.06. The lowest BCUT2D eigenvalue weighted by Crippen LogP contribution is -2.31. The minimum absolute atomic E-state index is 0.234. The number of carbonyl (C=O) groups is 1. The van der Waals surface area contributed by atoms with Gasteiger partial charge in [0.2, 0.25) is 11.7 Å². The van der Waals surface area contributed by atoms with Crippen molar-refractivity contribution < 1.29 is 13.9 Å². The van der Waals surface area contributed by atoms with E-state index in [-0.39, 0.29) is 5.76 Å². The largest absolute Gasteiger partial charge is 0.463 e. The van der Waals surface area contributed by atoms with E-state index in [1.54, 1.807) is 6.07 Å². The molecular weight excluding hydrogens is 388 g/mol. The molecule has 0 N–H and O–H groups in total. The Labute approximate surface area is 174 Å². The third kappa shape index (κ3) is 4.17. The van der Waals surface area contributed by atoms with Crippen molar-refractivity contribution in [1.82, 2.24) is 14.8 Å². The van der Waals surface area contributed by atoms with Gasteiger partial charge in [-0.25, -0.2) is 4.79 Å². The summed E-state index contributed by atoms with van der Waals surface area (Å²) in [6.45, 7) is 4.05. The fourth-order valence-corrected chi connectivity index (χ4v) is 4.36. The van der Waals surface area contributed by atoms with Gasteiger partial charge in [0.25, 0.3) is 0 Å². The molecule has 3 heterocycles. The number of ether oxygens (including phenoxy) is 1. The van der Waals surface area contributed by atoms with Crippen LogP contribution in [0.1, 0.15) is 40.9 Å². The Balaban J connectivity index is 1.64. The summed E-state index contributed by atoms with van der Waals surface area (Å²) in [4.78, 5) is 14.2. The third-order valence-corrected chi connectivity index (χ3v) is 6.00. The monoisotopic (exact) mass is 412 g/mol. The molecular formula is C21H24N4O3S. The van der Waals surface area contributed by atoms with Crippen molar-refractivity contribution in [2.45, 2.75) is 37.1 Å². The molecule has 1 aliphatic heterocycles. The molecule has 1 aliphatic rings. The van der Waals surface area contributed by atoms with E-state index in [2.05, 4.69) is 50.9 Å². The van der Waals surface area contributed by atoms with Crippen molar-refractivity contribution in [3.63, 3.8) is 0 Å². The number of hydrogen-bond acceptors (Lipinski definition) is 7. The van der Waals surface area contributed by atoms with Crippen LogP contribution < -0.4 is 4.90 Å². The van der Waals surface area contributed by atoms with Gasteiger partial charge in [-0.2, -0.15) is 0 Å². The van der Waals surface area contributed by atoms with E-state index in [1.807, 2.05) is 0 Å². The first-order valence-corrected chi connectivity index (χ1v) is 10.7. The van der Waals surface area contributed by atoms with Crippen molar-refractivity contribution in [3.8, 4) is 5.69 Å². The molecule has 0 unspecified atom stereocenters. The summed E-state index contributed by atoms with van der Waals surface area (Å²) in [7, 11) is 1.35. The molecule has 1 fully saturated rings. The number of benzene rings is 1. The molecule has 1 saturated heterocycles. The highest BCUT2D eigenvalue weighted by atomic mass is 32.2. The SMILES string of the molecule is COC(=O)c1occc1CSc1nnc(N2CCCCC2)n1-c1ccc(C)cc1. The first kappa shape index (κ1) is 19.6. The number of hydrogen-bond donors (Lipinski definition) is 0. The second kappa shape index (κ2) is 8.73. The number of piperidine rings is 1. The second-order valence-corrected chi connectivity index (χ2v) is 8.00. The van der Waals surface area contributed by atoms with Gasteiger partial charge < -0.3 is 14.1 Å². The molecule has 152 valence electrons. The van der Waals surface area contributed by atoms with Crippen LogP contribution in [0.4, 0.5) is 5.95 Å². The number of aromatic nitrogens is 3. The number of thioether (sulfide) groups is 1. The van der Waals surface area contributed by atoms with Crippen LogP contribution >= 0.6 is 11.8 Å². The number of esters is 1. The summed E-state index contributed by atoms with van der Waals surface area (Å²) in [5, 5.41) is 9.77. The molecule has 0 atom stereocenters. The quantitative estimate of drug-likeness (QED) is 0.443. The first-order chi connectivity index (χ1) is 14.2. The Morgan fingerprint density at radius 2 is 1.90 bits per heavy atom. The van der Waals surface area contributed by atoms with Crippen LogP contribution in [-0.4, -0.2) is 40.9 Å². The topological polar surface area (TPSA) is 73.4 Å². The number of methoxy groups -OCH3 is 1. The van der Waals surface area contributed by atoms with Crippen LogP contribution in [0.3, 0.4) is 0 Å². The Hall–Kier alpha value is -2.74. The highest BCUT2D eigenvalue weighted by Gasteiger charge is 2.23. The molecule has 0 bridgehead atoms. The van der Waals surface area contributed by atoms with E-state index in [0.29, 0.717) is 5.75 Å². The lowest BCUT2D eigenvalue weighted by molar-refractivity contribution is 0.0564. The van der Waals surface area contributed by atoms with E-state index >= 15 is 0 Å². The molecule has 0 spiro atoms. The van der Waals surface area contributed by atoms with Crippen molar-refractivity contribution in [2.24, 2.45) is 0 Å².